The van der Waals surface area contributed by atoms with Gasteiger partial charge in [0.25, 0.3) is 20.2 Å². The molecule has 8 nitrogen and oxygen atoms in total. The van der Waals surface area contributed by atoms with E-state index in [0.29, 0.717) is 0 Å². The molecule has 0 aliphatic carbocycles. The SMILES string of the molecule is CS(=O)(=O)OC[C@H]1OC(O)C[C@@H]1OS(C)(=O)=O. The van der Waals surface area contributed by atoms with Gasteiger partial charge in [-0.1, -0.05) is 0 Å². The summed E-state index contributed by atoms with van der Waals surface area (Å²) in [5.74, 6) is 0. The maximum Gasteiger partial charge on any atom is 0.264 e. The van der Waals surface area contributed by atoms with Crippen molar-refractivity contribution in [3.05, 3.63) is 0 Å². The molecule has 3 atom stereocenters. The summed E-state index contributed by atoms with van der Waals surface area (Å²) in [5, 5.41) is 9.19. The van der Waals surface area contributed by atoms with Crippen LogP contribution in [0.2, 0.25) is 0 Å². The van der Waals surface area contributed by atoms with Crippen LogP contribution in [-0.4, -0.2) is 59.6 Å². The second-order valence-corrected chi connectivity index (χ2v) is 6.94. The highest BCUT2D eigenvalue weighted by Crippen LogP contribution is 2.23. The average molecular weight is 290 g/mol. The number of aliphatic hydroxyl groups excluding tert-OH is 1. The molecule has 1 N–H and O–H groups in total. The monoisotopic (exact) mass is 290 g/mol. The molecule has 0 saturated carbocycles. The van der Waals surface area contributed by atoms with E-state index in [2.05, 4.69) is 8.37 Å². The van der Waals surface area contributed by atoms with Crippen LogP contribution in [0.25, 0.3) is 0 Å². The molecular weight excluding hydrogens is 276 g/mol. The van der Waals surface area contributed by atoms with Crippen LogP contribution in [0.5, 0.6) is 0 Å². The number of aliphatic hydroxyl groups is 1. The van der Waals surface area contributed by atoms with Crippen molar-refractivity contribution in [3.63, 3.8) is 0 Å². The van der Waals surface area contributed by atoms with Crippen molar-refractivity contribution in [2.24, 2.45) is 0 Å². The predicted octanol–water partition coefficient (Wildman–Crippen LogP) is -1.59. The first-order valence-corrected chi connectivity index (χ1v) is 8.26. The van der Waals surface area contributed by atoms with Crippen LogP contribution in [-0.2, 0) is 33.3 Å². The lowest BCUT2D eigenvalue weighted by atomic mass is 10.2. The number of hydrogen-bond acceptors (Lipinski definition) is 8. The van der Waals surface area contributed by atoms with Crippen LogP contribution >= 0.6 is 0 Å². The van der Waals surface area contributed by atoms with Gasteiger partial charge in [-0.15, -0.1) is 0 Å². The average Bonchev–Trinajstić information content (AvgIpc) is 2.38. The molecule has 0 spiro atoms. The highest BCUT2D eigenvalue weighted by molar-refractivity contribution is 7.86. The standard InChI is InChI=1S/C7H14O8S2/c1-16(9,10)13-4-6-5(3-7(8)14-6)15-17(2,11)12/h5-8H,3-4H2,1-2H3/t5-,6+,7?/m0/s1. The van der Waals surface area contributed by atoms with Gasteiger partial charge in [0.2, 0.25) is 0 Å². The summed E-state index contributed by atoms with van der Waals surface area (Å²) >= 11 is 0. The fourth-order valence-corrected chi connectivity index (χ4v) is 2.39. The molecule has 1 rings (SSSR count). The van der Waals surface area contributed by atoms with E-state index in [-0.39, 0.29) is 6.42 Å². The van der Waals surface area contributed by atoms with Gasteiger partial charge in [0.05, 0.1) is 19.1 Å². The summed E-state index contributed by atoms with van der Waals surface area (Å²) < 4.78 is 57.4. The van der Waals surface area contributed by atoms with E-state index in [9.17, 15) is 21.9 Å². The Morgan fingerprint density at radius 3 is 2.29 bits per heavy atom. The fraction of sp³-hybridized carbons (Fsp3) is 1.00. The summed E-state index contributed by atoms with van der Waals surface area (Å²) in [5.41, 5.74) is 0. The smallest absolute Gasteiger partial charge is 0.264 e. The van der Waals surface area contributed by atoms with Gasteiger partial charge in [-0.05, 0) is 0 Å². The molecule has 0 aromatic heterocycles. The zero-order valence-corrected chi connectivity index (χ0v) is 10.9. The van der Waals surface area contributed by atoms with Gasteiger partial charge in [0, 0.05) is 6.42 Å². The number of hydrogen-bond donors (Lipinski definition) is 1. The lowest BCUT2D eigenvalue weighted by Gasteiger charge is -2.16. The third-order valence-electron chi connectivity index (χ3n) is 1.93. The fourth-order valence-electron chi connectivity index (χ4n) is 1.36. The molecule has 1 aliphatic rings. The minimum absolute atomic E-state index is 0.0646. The molecule has 1 saturated heterocycles. The molecule has 0 aromatic carbocycles. The van der Waals surface area contributed by atoms with E-state index in [1.165, 1.54) is 0 Å². The van der Waals surface area contributed by atoms with Gasteiger partial charge >= 0.3 is 0 Å². The van der Waals surface area contributed by atoms with Crippen LogP contribution in [0.1, 0.15) is 6.42 Å². The topological polar surface area (TPSA) is 116 Å². The molecule has 0 amide bonds. The van der Waals surface area contributed by atoms with E-state index in [1.807, 2.05) is 0 Å². The van der Waals surface area contributed by atoms with E-state index in [4.69, 9.17) is 4.74 Å². The second kappa shape index (κ2) is 5.16. The minimum Gasteiger partial charge on any atom is -0.368 e. The Hall–Kier alpha value is -0.260. The molecule has 17 heavy (non-hydrogen) atoms. The predicted molar refractivity (Wildman–Crippen MR) is 56.0 cm³/mol. The molecule has 1 unspecified atom stereocenters. The number of rotatable bonds is 5. The van der Waals surface area contributed by atoms with Crippen molar-refractivity contribution < 1.29 is 35.0 Å². The summed E-state index contributed by atoms with van der Waals surface area (Å²) in [6, 6.07) is 0. The van der Waals surface area contributed by atoms with Gasteiger partial charge in [-0.25, -0.2) is 0 Å². The van der Waals surface area contributed by atoms with Gasteiger partial charge in [0.15, 0.2) is 6.29 Å². The molecule has 1 aliphatic heterocycles. The van der Waals surface area contributed by atoms with Crippen LogP contribution in [0.15, 0.2) is 0 Å². The van der Waals surface area contributed by atoms with Crippen molar-refractivity contribution in [2.75, 3.05) is 19.1 Å². The normalized spacial score (nSPS) is 30.6. The lowest BCUT2D eigenvalue weighted by Crippen LogP contribution is -2.31. The van der Waals surface area contributed by atoms with Crippen molar-refractivity contribution in [1.29, 1.82) is 0 Å². The van der Waals surface area contributed by atoms with E-state index in [0.717, 1.165) is 12.5 Å². The third kappa shape index (κ3) is 5.75. The van der Waals surface area contributed by atoms with E-state index >= 15 is 0 Å². The molecule has 0 radical (unpaired) electrons. The second-order valence-electron chi connectivity index (χ2n) is 3.69. The maximum atomic E-state index is 10.9. The molecular formula is C7H14O8S2. The van der Waals surface area contributed by atoms with Crippen molar-refractivity contribution >= 4 is 20.2 Å². The lowest BCUT2D eigenvalue weighted by molar-refractivity contribution is -0.103. The van der Waals surface area contributed by atoms with Gasteiger partial charge < -0.3 is 9.84 Å². The quantitative estimate of drug-likeness (QED) is 0.603. The van der Waals surface area contributed by atoms with Gasteiger partial charge in [0.1, 0.15) is 12.2 Å². The summed E-state index contributed by atoms with van der Waals surface area (Å²) in [4.78, 5) is 0. The molecule has 1 heterocycles. The first kappa shape index (κ1) is 14.8. The summed E-state index contributed by atoms with van der Waals surface area (Å²) in [6.07, 6.45) is -1.46. The van der Waals surface area contributed by atoms with Gasteiger partial charge in [-0.2, -0.15) is 16.8 Å². The Morgan fingerprint density at radius 1 is 1.24 bits per heavy atom. The van der Waals surface area contributed by atoms with Crippen molar-refractivity contribution in [3.8, 4) is 0 Å². The van der Waals surface area contributed by atoms with E-state index in [1.54, 1.807) is 0 Å². The third-order valence-corrected chi connectivity index (χ3v) is 3.09. The Balaban J connectivity index is 2.63. The zero-order chi connectivity index (χ0) is 13.3. The van der Waals surface area contributed by atoms with Crippen LogP contribution < -0.4 is 0 Å². The number of ether oxygens (including phenoxy) is 1. The van der Waals surface area contributed by atoms with Crippen molar-refractivity contribution in [2.45, 2.75) is 24.9 Å². The van der Waals surface area contributed by atoms with Crippen molar-refractivity contribution in [1.82, 2.24) is 0 Å². The Kier molecular flexibility index (Phi) is 4.49. The minimum atomic E-state index is -3.71. The molecule has 0 bridgehead atoms. The van der Waals surface area contributed by atoms with Gasteiger partial charge in [-0.3, -0.25) is 8.37 Å². The summed E-state index contributed by atoms with van der Waals surface area (Å²) in [6.45, 7) is -0.407. The van der Waals surface area contributed by atoms with Crippen LogP contribution in [0.3, 0.4) is 0 Å². The molecule has 1 fully saturated rings. The first-order valence-electron chi connectivity index (χ1n) is 4.63. The molecule has 0 aromatic rings. The van der Waals surface area contributed by atoms with E-state index < -0.39 is 45.3 Å². The summed E-state index contributed by atoms with van der Waals surface area (Å²) in [7, 11) is -7.38. The van der Waals surface area contributed by atoms with Crippen LogP contribution in [0.4, 0.5) is 0 Å². The Labute approximate surface area is 99.7 Å². The Morgan fingerprint density at radius 2 is 1.82 bits per heavy atom. The highest BCUT2D eigenvalue weighted by Gasteiger charge is 2.38. The van der Waals surface area contributed by atoms with Crippen LogP contribution in [0, 0.1) is 0 Å². The Bertz CT molecular complexity index is 452. The molecule has 10 heteroatoms. The zero-order valence-electron chi connectivity index (χ0n) is 9.27. The maximum absolute atomic E-state index is 10.9. The molecule has 102 valence electrons. The largest absolute Gasteiger partial charge is 0.368 e. The first-order chi connectivity index (χ1) is 7.57. The highest BCUT2D eigenvalue weighted by atomic mass is 32.2.